The highest BCUT2D eigenvalue weighted by molar-refractivity contribution is 7.89. The lowest BCUT2D eigenvalue weighted by Crippen LogP contribution is -2.50. The number of hydrogen-bond acceptors (Lipinski definition) is 5. The van der Waals surface area contributed by atoms with Crippen LogP contribution in [-0.4, -0.2) is 50.3 Å². The Morgan fingerprint density at radius 3 is 2.24 bits per heavy atom. The van der Waals surface area contributed by atoms with E-state index in [1.807, 2.05) is 0 Å². The maximum Gasteiger partial charge on any atom is 0.330 e. The normalized spacial score (nSPS) is 12.1. The number of ether oxygens (including phenoxy) is 1. The number of rotatable bonds is 7. The Morgan fingerprint density at radius 1 is 1.20 bits per heavy atom. The smallest absolute Gasteiger partial charge is 0.330 e. The van der Waals surface area contributed by atoms with Crippen LogP contribution in [0.3, 0.4) is 0 Å². The van der Waals surface area contributed by atoms with Gasteiger partial charge in [-0.25, -0.2) is 13.2 Å². The summed E-state index contributed by atoms with van der Waals surface area (Å²) in [4.78, 5) is 24.2. The van der Waals surface area contributed by atoms with E-state index in [-0.39, 0.29) is 10.5 Å². The van der Waals surface area contributed by atoms with Crippen LogP contribution in [0.4, 0.5) is 0 Å². The maximum absolute atomic E-state index is 12.7. The summed E-state index contributed by atoms with van der Waals surface area (Å²) in [5, 5.41) is 2.56. The second-order valence-electron chi connectivity index (χ2n) is 6.14. The first-order valence-corrected chi connectivity index (χ1v) is 9.47. The van der Waals surface area contributed by atoms with Gasteiger partial charge in [0.15, 0.2) is 0 Å². The number of amides is 1. The van der Waals surface area contributed by atoms with E-state index in [9.17, 15) is 18.0 Å². The summed E-state index contributed by atoms with van der Waals surface area (Å²) >= 11 is 0. The van der Waals surface area contributed by atoms with Crippen LogP contribution >= 0.6 is 0 Å². The number of aryl methyl sites for hydroxylation is 1. The molecular formula is C17H26N2O5S. The van der Waals surface area contributed by atoms with Crippen molar-refractivity contribution < 1.29 is 22.7 Å². The molecule has 0 fully saturated rings. The van der Waals surface area contributed by atoms with E-state index < -0.39 is 27.4 Å². The fourth-order valence-corrected chi connectivity index (χ4v) is 4.09. The standard InChI is InChI=1S/C17H26N2O5S/c1-7-19(8-2)25(22,23)14-11-13(10-9-12(14)3)15(20)18-17(4,5)16(21)24-6/h9-11H,7-8H2,1-6H3,(H,18,20). The van der Waals surface area contributed by atoms with Gasteiger partial charge in [-0.3, -0.25) is 4.79 Å². The second kappa shape index (κ2) is 7.97. The molecule has 0 radical (unpaired) electrons. The van der Waals surface area contributed by atoms with E-state index in [2.05, 4.69) is 10.1 Å². The molecule has 1 aromatic rings. The average Bonchev–Trinajstić information content (AvgIpc) is 2.54. The van der Waals surface area contributed by atoms with Crippen molar-refractivity contribution in [2.45, 2.75) is 45.1 Å². The van der Waals surface area contributed by atoms with Crippen LogP contribution in [0, 0.1) is 6.92 Å². The van der Waals surface area contributed by atoms with E-state index in [1.54, 1.807) is 26.8 Å². The molecule has 0 aliphatic heterocycles. The molecule has 0 atom stereocenters. The SMILES string of the molecule is CCN(CC)S(=O)(=O)c1cc(C(=O)NC(C)(C)C(=O)OC)ccc1C. The van der Waals surface area contributed by atoms with Crippen molar-refractivity contribution in [3.8, 4) is 0 Å². The number of carbonyl (C=O) groups is 2. The molecule has 1 amide bonds. The highest BCUT2D eigenvalue weighted by atomic mass is 32.2. The Labute approximate surface area is 149 Å². The predicted molar refractivity (Wildman–Crippen MR) is 94.8 cm³/mol. The molecule has 7 nitrogen and oxygen atoms in total. The van der Waals surface area contributed by atoms with E-state index in [4.69, 9.17) is 0 Å². The van der Waals surface area contributed by atoms with Gasteiger partial charge in [0.2, 0.25) is 10.0 Å². The van der Waals surface area contributed by atoms with Crippen molar-refractivity contribution >= 4 is 21.9 Å². The van der Waals surface area contributed by atoms with Gasteiger partial charge < -0.3 is 10.1 Å². The van der Waals surface area contributed by atoms with Crippen molar-refractivity contribution in [1.29, 1.82) is 0 Å². The van der Waals surface area contributed by atoms with E-state index in [1.165, 1.54) is 37.4 Å². The van der Waals surface area contributed by atoms with Crippen LogP contribution < -0.4 is 5.32 Å². The molecule has 25 heavy (non-hydrogen) atoms. The van der Waals surface area contributed by atoms with Crippen molar-refractivity contribution in [2.75, 3.05) is 20.2 Å². The lowest BCUT2D eigenvalue weighted by atomic mass is 10.0. The molecule has 0 heterocycles. The zero-order chi connectivity index (χ0) is 19.4. The van der Waals surface area contributed by atoms with Crippen molar-refractivity contribution in [3.63, 3.8) is 0 Å². The minimum Gasteiger partial charge on any atom is -0.467 e. The summed E-state index contributed by atoms with van der Waals surface area (Å²) in [5.41, 5.74) is -0.516. The van der Waals surface area contributed by atoms with Gasteiger partial charge >= 0.3 is 5.97 Å². The second-order valence-corrected chi connectivity index (χ2v) is 8.05. The zero-order valence-electron chi connectivity index (χ0n) is 15.5. The van der Waals surface area contributed by atoms with Gasteiger partial charge in [0, 0.05) is 18.7 Å². The first kappa shape index (κ1) is 21.1. The summed E-state index contributed by atoms with van der Waals surface area (Å²) in [6, 6.07) is 4.45. The Kier molecular flexibility index (Phi) is 6.73. The lowest BCUT2D eigenvalue weighted by Gasteiger charge is -2.24. The largest absolute Gasteiger partial charge is 0.467 e. The molecule has 0 aromatic heterocycles. The third-order valence-electron chi connectivity index (χ3n) is 3.90. The van der Waals surface area contributed by atoms with Gasteiger partial charge in [-0.05, 0) is 38.5 Å². The average molecular weight is 370 g/mol. The molecule has 0 spiro atoms. The molecule has 1 rings (SSSR count). The zero-order valence-corrected chi connectivity index (χ0v) is 16.4. The van der Waals surface area contributed by atoms with E-state index in [0.29, 0.717) is 18.7 Å². The number of nitrogens with zero attached hydrogens (tertiary/aromatic N) is 1. The Hall–Kier alpha value is -1.93. The Balaban J connectivity index is 3.26. The van der Waals surface area contributed by atoms with Gasteiger partial charge in [0.05, 0.1) is 12.0 Å². The minimum atomic E-state index is -3.69. The van der Waals surface area contributed by atoms with Gasteiger partial charge in [-0.2, -0.15) is 4.31 Å². The molecule has 1 aromatic carbocycles. The van der Waals surface area contributed by atoms with Gasteiger partial charge in [0.1, 0.15) is 5.54 Å². The van der Waals surface area contributed by atoms with Crippen molar-refractivity contribution in [2.24, 2.45) is 0 Å². The third-order valence-corrected chi connectivity index (χ3v) is 6.09. The maximum atomic E-state index is 12.7. The van der Waals surface area contributed by atoms with Crippen LogP contribution in [0.1, 0.15) is 43.6 Å². The monoisotopic (exact) mass is 370 g/mol. The Bertz CT molecular complexity index is 752. The molecule has 0 aliphatic rings. The fraction of sp³-hybridized carbons (Fsp3) is 0.529. The molecule has 140 valence electrons. The summed E-state index contributed by atoms with van der Waals surface area (Å²) in [7, 11) is -2.46. The van der Waals surface area contributed by atoms with E-state index >= 15 is 0 Å². The van der Waals surface area contributed by atoms with Crippen LogP contribution in [0.5, 0.6) is 0 Å². The molecule has 1 N–H and O–H groups in total. The van der Waals surface area contributed by atoms with Gasteiger partial charge in [0.25, 0.3) is 5.91 Å². The predicted octanol–water partition coefficient (Wildman–Crippen LogP) is 1.71. The van der Waals surface area contributed by atoms with Crippen LogP contribution in [-0.2, 0) is 19.6 Å². The Morgan fingerprint density at radius 2 is 1.76 bits per heavy atom. The minimum absolute atomic E-state index is 0.0831. The van der Waals surface area contributed by atoms with Crippen molar-refractivity contribution in [1.82, 2.24) is 9.62 Å². The number of benzene rings is 1. The summed E-state index contributed by atoms with van der Waals surface area (Å²) in [6.45, 7) is 8.89. The molecule has 0 saturated carbocycles. The van der Waals surface area contributed by atoms with Gasteiger partial charge in [-0.1, -0.05) is 19.9 Å². The number of esters is 1. The van der Waals surface area contributed by atoms with Crippen molar-refractivity contribution in [3.05, 3.63) is 29.3 Å². The van der Waals surface area contributed by atoms with Crippen LogP contribution in [0.15, 0.2) is 23.1 Å². The molecule has 0 saturated heterocycles. The first-order valence-electron chi connectivity index (χ1n) is 8.03. The molecule has 0 aliphatic carbocycles. The lowest BCUT2D eigenvalue weighted by molar-refractivity contribution is -0.146. The van der Waals surface area contributed by atoms with Crippen LogP contribution in [0.2, 0.25) is 0 Å². The third kappa shape index (κ3) is 4.58. The molecule has 0 bridgehead atoms. The number of hydrogen-bond donors (Lipinski definition) is 1. The highest BCUT2D eigenvalue weighted by Gasteiger charge is 2.31. The molecule has 8 heteroatoms. The number of nitrogens with one attached hydrogen (secondary N) is 1. The quantitative estimate of drug-likeness (QED) is 0.738. The summed E-state index contributed by atoms with van der Waals surface area (Å²) in [5.74, 6) is -1.14. The first-order chi connectivity index (χ1) is 11.5. The van der Waals surface area contributed by atoms with Gasteiger partial charge in [-0.15, -0.1) is 0 Å². The fourth-order valence-electron chi connectivity index (χ4n) is 2.38. The molecular weight excluding hydrogens is 344 g/mol. The molecule has 0 unspecified atom stereocenters. The van der Waals surface area contributed by atoms with Crippen LogP contribution in [0.25, 0.3) is 0 Å². The summed E-state index contributed by atoms with van der Waals surface area (Å²) in [6.07, 6.45) is 0. The number of sulfonamides is 1. The number of carbonyl (C=O) groups excluding carboxylic acids is 2. The highest BCUT2D eigenvalue weighted by Crippen LogP contribution is 2.22. The number of methoxy groups -OCH3 is 1. The topological polar surface area (TPSA) is 92.8 Å². The van der Waals surface area contributed by atoms with E-state index in [0.717, 1.165) is 0 Å². The summed E-state index contributed by atoms with van der Waals surface area (Å²) < 4.78 is 31.5.